The molecular formula is C23H29NO5S. The first-order valence-corrected chi connectivity index (χ1v) is 11.7. The third-order valence-electron chi connectivity index (χ3n) is 5.57. The zero-order valence-electron chi connectivity index (χ0n) is 17.6. The van der Waals surface area contributed by atoms with Crippen molar-refractivity contribution in [3.8, 4) is 5.75 Å². The second-order valence-electron chi connectivity index (χ2n) is 8.36. The Labute approximate surface area is 178 Å². The third kappa shape index (κ3) is 5.21. The van der Waals surface area contributed by atoms with Crippen LogP contribution in [0.1, 0.15) is 67.4 Å². The fourth-order valence-electron chi connectivity index (χ4n) is 3.47. The number of hydrogen-bond acceptors (Lipinski definition) is 5. The molecule has 1 saturated carbocycles. The van der Waals surface area contributed by atoms with E-state index in [0.29, 0.717) is 24.4 Å². The molecule has 162 valence electrons. The zero-order valence-corrected chi connectivity index (χ0v) is 18.4. The van der Waals surface area contributed by atoms with Gasteiger partial charge in [-0.25, -0.2) is 8.42 Å². The van der Waals surface area contributed by atoms with Gasteiger partial charge in [0.1, 0.15) is 5.75 Å². The van der Waals surface area contributed by atoms with Crippen LogP contribution in [-0.4, -0.2) is 30.5 Å². The molecule has 0 heterocycles. The van der Waals surface area contributed by atoms with Gasteiger partial charge >= 0.3 is 0 Å². The Morgan fingerprint density at radius 1 is 1.17 bits per heavy atom. The van der Waals surface area contributed by atoms with Crippen molar-refractivity contribution in [1.82, 2.24) is 0 Å². The second-order valence-corrected chi connectivity index (χ2v) is 10.0. The Balaban J connectivity index is 1.90. The topological polar surface area (TPSA) is 104 Å². The molecule has 3 rings (SSSR count). The summed E-state index contributed by atoms with van der Waals surface area (Å²) in [5.41, 5.74) is 2.34. The van der Waals surface area contributed by atoms with E-state index < -0.39 is 15.8 Å². The lowest BCUT2D eigenvalue weighted by atomic mass is 9.96. The molecule has 7 heteroatoms. The quantitative estimate of drug-likeness (QED) is 0.516. The van der Waals surface area contributed by atoms with Gasteiger partial charge in [0.05, 0.1) is 22.3 Å². The van der Waals surface area contributed by atoms with Crippen LogP contribution in [0.2, 0.25) is 0 Å². The van der Waals surface area contributed by atoms with E-state index in [-0.39, 0.29) is 28.2 Å². The van der Waals surface area contributed by atoms with E-state index in [0.717, 1.165) is 24.0 Å². The molecule has 1 atom stereocenters. The lowest BCUT2D eigenvalue weighted by Gasteiger charge is -2.17. The van der Waals surface area contributed by atoms with E-state index in [2.05, 4.69) is 18.6 Å². The number of aromatic hydroxyl groups is 1. The van der Waals surface area contributed by atoms with Crippen LogP contribution < -0.4 is 4.72 Å². The Bertz CT molecular complexity index is 1040. The van der Waals surface area contributed by atoms with E-state index in [9.17, 15) is 23.4 Å². The van der Waals surface area contributed by atoms with Crippen LogP contribution in [0.25, 0.3) is 0 Å². The molecular weight excluding hydrogens is 402 g/mol. The average Bonchev–Trinajstić information content (AvgIpc) is 3.51. The maximum atomic E-state index is 13.0. The van der Waals surface area contributed by atoms with Crippen LogP contribution in [0, 0.1) is 5.92 Å². The summed E-state index contributed by atoms with van der Waals surface area (Å²) in [6.07, 6.45) is 2.87. The van der Waals surface area contributed by atoms with Gasteiger partial charge in [0.25, 0.3) is 10.0 Å². The van der Waals surface area contributed by atoms with Crippen LogP contribution in [0.15, 0.2) is 41.3 Å². The summed E-state index contributed by atoms with van der Waals surface area (Å²) in [4.78, 5) is 11.6. The highest BCUT2D eigenvalue weighted by Crippen LogP contribution is 2.35. The molecule has 2 aromatic rings. The van der Waals surface area contributed by atoms with E-state index in [1.807, 2.05) is 12.1 Å². The first-order valence-electron chi connectivity index (χ1n) is 10.3. The number of anilines is 1. The van der Waals surface area contributed by atoms with Crippen LogP contribution in [-0.2, 0) is 16.4 Å². The van der Waals surface area contributed by atoms with Gasteiger partial charge in [-0.15, -0.1) is 0 Å². The summed E-state index contributed by atoms with van der Waals surface area (Å²) in [5, 5.41) is 20.0. The average molecular weight is 432 g/mol. The Morgan fingerprint density at radius 3 is 2.47 bits per heavy atom. The first-order chi connectivity index (χ1) is 14.1. The molecule has 1 aliphatic carbocycles. The number of carbonyl (C=O) groups is 1. The molecule has 2 aromatic carbocycles. The van der Waals surface area contributed by atoms with Gasteiger partial charge in [-0.2, -0.15) is 0 Å². The highest BCUT2D eigenvalue weighted by molar-refractivity contribution is 7.92. The van der Waals surface area contributed by atoms with Crippen molar-refractivity contribution >= 4 is 21.5 Å². The van der Waals surface area contributed by atoms with Gasteiger partial charge in [0, 0.05) is 0 Å². The van der Waals surface area contributed by atoms with Gasteiger partial charge in [0.15, 0.2) is 5.78 Å². The number of sulfonamides is 1. The third-order valence-corrected chi connectivity index (χ3v) is 6.94. The predicted molar refractivity (Wildman–Crippen MR) is 117 cm³/mol. The summed E-state index contributed by atoms with van der Waals surface area (Å²) in [5.74, 6) is -0.0171. The van der Waals surface area contributed by atoms with Gasteiger partial charge < -0.3 is 10.2 Å². The molecule has 3 N–H and O–H groups in total. The van der Waals surface area contributed by atoms with Gasteiger partial charge in [0.2, 0.25) is 0 Å². The molecule has 0 amide bonds. The minimum Gasteiger partial charge on any atom is -0.507 e. The summed E-state index contributed by atoms with van der Waals surface area (Å²) in [7, 11) is -3.96. The molecule has 1 aliphatic rings. The largest absolute Gasteiger partial charge is 0.507 e. The zero-order chi connectivity index (χ0) is 22.1. The smallest absolute Gasteiger partial charge is 0.261 e. The number of ketones is 1. The van der Waals surface area contributed by atoms with Crippen LogP contribution in [0.3, 0.4) is 0 Å². The molecule has 0 aromatic heterocycles. The maximum absolute atomic E-state index is 13.0. The molecule has 6 nitrogen and oxygen atoms in total. The number of aryl methyl sites for hydroxylation is 1. The van der Waals surface area contributed by atoms with Gasteiger partial charge in [-0.3, -0.25) is 9.52 Å². The van der Waals surface area contributed by atoms with Crippen molar-refractivity contribution < 1.29 is 23.4 Å². The Morgan fingerprint density at radius 2 is 1.87 bits per heavy atom. The molecule has 1 unspecified atom stereocenters. The number of aliphatic hydroxyl groups excluding tert-OH is 1. The van der Waals surface area contributed by atoms with Crippen LogP contribution in [0.5, 0.6) is 5.75 Å². The fraction of sp³-hybridized carbons (Fsp3) is 0.435. The number of benzene rings is 2. The molecule has 0 saturated heterocycles. The summed E-state index contributed by atoms with van der Waals surface area (Å²) in [6.45, 7) is 5.41. The molecule has 0 radical (unpaired) electrons. The lowest BCUT2D eigenvalue weighted by molar-refractivity contribution is 0.101. The predicted octanol–water partition coefficient (Wildman–Crippen LogP) is 4.22. The Hall–Kier alpha value is -2.38. The van der Waals surface area contributed by atoms with Crippen molar-refractivity contribution in [2.24, 2.45) is 5.92 Å². The molecule has 0 bridgehead atoms. The molecule has 30 heavy (non-hydrogen) atoms. The molecule has 0 aliphatic heterocycles. The van der Waals surface area contributed by atoms with Crippen molar-refractivity contribution in [3.63, 3.8) is 0 Å². The first kappa shape index (κ1) is 22.3. The highest BCUT2D eigenvalue weighted by Gasteiger charge is 2.29. The van der Waals surface area contributed by atoms with Gasteiger partial charge in [-0.1, -0.05) is 26.0 Å². The number of hydrogen-bond donors (Lipinski definition) is 3. The summed E-state index contributed by atoms with van der Waals surface area (Å²) < 4.78 is 28.5. The SMILES string of the molecule is CC(=O)c1cc(S(=O)(=O)Nc2ccc(C(C)C)cc2CCC(O)C2CC2)ccc1O. The monoisotopic (exact) mass is 431 g/mol. The number of phenols is 1. The summed E-state index contributed by atoms with van der Waals surface area (Å²) in [6, 6.07) is 9.28. The van der Waals surface area contributed by atoms with Crippen molar-refractivity contribution in [1.29, 1.82) is 0 Å². The number of aliphatic hydroxyl groups is 1. The molecule has 0 spiro atoms. The van der Waals surface area contributed by atoms with Crippen LogP contribution in [0.4, 0.5) is 5.69 Å². The number of rotatable bonds is 9. The lowest BCUT2D eigenvalue weighted by Crippen LogP contribution is -2.16. The van der Waals surface area contributed by atoms with E-state index in [1.165, 1.54) is 25.1 Å². The van der Waals surface area contributed by atoms with Crippen molar-refractivity contribution in [2.75, 3.05) is 4.72 Å². The Kier molecular flexibility index (Phi) is 6.53. The van der Waals surface area contributed by atoms with Gasteiger partial charge in [-0.05, 0) is 79.8 Å². The van der Waals surface area contributed by atoms with E-state index in [4.69, 9.17) is 0 Å². The minimum absolute atomic E-state index is 0.0409. The number of carbonyl (C=O) groups excluding carboxylic acids is 1. The highest BCUT2D eigenvalue weighted by atomic mass is 32.2. The normalized spacial score (nSPS) is 15.2. The minimum atomic E-state index is -3.96. The van der Waals surface area contributed by atoms with E-state index >= 15 is 0 Å². The van der Waals surface area contributed by atoms with Crippen molar-refractivity contribution in [3.05, 3.63) is 53.1 Å². The maximum Gasteiger partial charge on any atom is 0.261 e. The second kappa shape index (κ2) is 8.78. The van der Waals surface area contributed by atoms with Crippen LogP contribution >= 0.6 is 0 Å². The number of Topliss-reactive ketones (excluding diaryl/α,β-unsaturated/α-hetero) is 1. The fourth-order valence-corrected chi connectivity index (χ4v) is 4.59. The van der Waals surface area contributed by atoms with Crippen molar-refractivity contribution in [2.45, 2.75) is 63.4 Å². The number of nitrogens with one attached hydrogen (secondary N) is 1. The number of phenolic OH excluding ortho intramolecular Hbond substituents is 1. The standard InChI is InChI=1S/C23H29NO5S/c1-14(2)17-6-9-21(18(12-17)7-10-22(26)16-4-5-16)24-30(28,29)19-8-11-23(27)20(13-19)15(3)25/h6,8-9,11-14,16,22,24,26-27H,4-5,7,10H2,1-3H3. The molecule has 1 fully saturated rings. The summed E-state index contributed by atoms with van der Waals surface area (Å²) >= 11 is 0. The van der Waals surface area contributed by atoms with E-state index in [1.54, 1.807) is 6.07 Å².